The Balaban J connectivity index is 2.66. The van der Waals surface area contributed by atoms with E-state index in [1.807, 2.05) is 6.92 Å². The molecule has 0 radical (unpaired) electrons. The summed E-state index contributed by atoms with van der Waals surface area (Å²) in [5, 5.41) is 8.63. The van der Waals surface area contributed by atoms with E-state index in [9.17, 15) is 9.59 Å². The lowest BCUT2D eigenvalue weighted by Crippen LogP contribution is -2.21. The van der Waals surface area contributed by atoms with Crippen molar-refractivity contribution in [3.63, 3.8) is 0 Å². The highest BCUT2D eigenvalue weighted by Gasteiger charge is 2.08. The fourth-order valence-electron chi connectivity index (χ4n) is 1.50. The van der Waals surface area contributed by atoms with Crippen LogP contribution in [0, 0.1) is 6.92 Å². The number of aromatic nitrogens is 2. The first-order chi connectivity index (χ1) is 7.58. The maximum Gasteiger partial charge on any atom is 0.308 e. The molecule has 0 fully saturated rings. The largest absolute Gasteiger partial charge is 0.481 e. The third-order valence-electron chi connectivity index (χ3n) is 2.28. The fraction of sp³-hybridized carbons (Fsp3) is 0.182. The van der Waals surface area contributed by atoms with Crippen LogP contribution in [-0.4, -0.2) is 20.5 Å². The van der Waals surface area contributed by atoms with Crippen molar-refractivity contribution < 1.29 is 9.90 Å². The number of hydrogen-bond donors (Lipinski definition) is 1. The molecule has 0 aliphatic rings. The van der Waals surface area contributed by atoms with Crippen LogP contribution in [0.15, 0.2) is 29.3 Å². The van der Waals surface area contributed by atoms with E-state index in [0.29, 0.717) is 5.65 Å². The van der Waals surface area contributed by atoms with E-state index in [1.165, 1.54) is 10.6 Å². The zero-order valence-electron chi connectivity index (χ0n) is 8.67. The summed E-state index contributed by atoms with van der Waals surface area (Å²) in [7, 11) is 0. The van der Waals surface area contributed by atoms with Gasteiger partial charge in [-0.2, -0.15) is 0 Å². The molecule has 0 bridgehead atoms. The lowest BCUT2D eigenvalue weighted by molar-refractivity contribution is -0.136. The number of pyridine rings is 1. The summed E-state index contributed by atoms with van der Waals surface area (Å²) in [6.45, 7) is 1.90. The van der Waals surface area contributed by atoms with Crippen LogP contribution in [0.25, 0.3) is 5.65 Å². The number of aliphatic carboxylic acids is 1. The Bertz CT molecular complexity index is 616. The molecule has 16 heavy (non-hydrogen) atoms. The second-order valence-electron chi connectivity index (χ2n) is 3.59. The van der Waals surface area contributed by atoms with E-state index in [1.54, 1.807) is 18.3 Å². The molecular weight excluding hydrogens is 208 g/mol. The number of carboxylic acid groups (broad SMARTS) is 1. The maximum atomic E-state index is 11.8. The SMILES string of the molecule is Cc1ccn2c(=O)c(CC(=O)O)cnc2c1. The molecule has 0 saturated heterocycles. The van der Waals surface area contributed by atoms with Crippen molar-refractivity contribution in [1.29, 1.82) is 0 Å². The van der Waals surface area contributed by atoms with Crippen LogP contribution in [0.3, 0.4) is 0 Å². The van der Waals surface area contributed by atoms with Gasteiger partial charge in [-0.3, -0.25) is 14.0 Å². The highest BCUT2D eigenvalue weighted by molar-refractivity contribution is 5.70. The number of rotatable bonds is 2. The lowest BCUT2D eigenvalue weighted by Gasteiger charge is -2.02. The van der Waals surface area contributed by atoms with Gasteiger partial charge in [0.25, 0.3) is 5.56 Å². The summed E-state index contributed by atoms with van der Waals surface area (Å²) in [4.78, 5) is 26.4. The molecule has 0 aliphatic heterocycles. The van der Waals surface area contributed by atoms with Crippen LogP contribution < -0.4 is 5.56 Å². The minimum Gasteiger partial charge on any atom is -0.481 e. The van der Waals surface area contributed by atoms with Gasteiger partial charge in [-0.25, -0.2) is 4.98 Å². The first-order valence-electron chi connectivity index (χ1n) is 4.76. The Morgan fingerprint density at radius 2 is 2.31 bits per heavy atom. The summed E-state index contributed by atoms with van der Waals surface area (Å²) >= 11 is 0. The molecule has 0 amide bonds. The molecule has 0 atom stereocenters. The summed E-state index contributed by atoms with van der Waals surface area (Å²) in [5.74, 6) is -1.04. The second-order valence-corrected chi connectivity index (χ2v) is 3.59. The van der Waals surface area contributed by atoms with E-state index in [4.69, 9.17) is 5.11 Å². The Labute approximate surface area is 91.0 Å². The van der Waals surface area contributed by atoms with Crippen LogP contribution >= 0.6 is 0 Å². The van der Waals surface area contributed by atoms with Gasteiger partial charge in [-0.1, -0.05) is 0 Å². The third kappa shape index (κ3) is 1.79. The minimum atomic E-state index is -1.04. The van der Waals surface area contributed by atoms with Gasteiger partial charge in [-0.05, 0) is 24.6 Å². The summed E-state index contributed by atoms with van der Waals surface area (Å²) in [5.41, 5.74) is 1.39. The number of carboxylic acids is 1. The van der Waals surface area contributed by atoms with E-state index < -0.39 is 5.97 Å². The molecule has 0 aliphatic carbocycles. The monoisotopic (exact) mass is 218 g/mol. The average molecular weight is 218 g/mol. The van der Waals surface area contributed by atoms with E-state index in [0.717, 1.165) is 5.56 Å². The average Bonchev–Trinajstić information content (AvgIpc) is 2.22. The van der Waals surface area contributed by atoms with Crippen LogP contribution in [0.2, 0.25) is 0 Å². The van der Waals surface area contributed by atoms with Gasteiger partial charge >= 0.3 is 5.97 Å². The molecule has 0 aromatic carbocycles. The van der Waals surface area contributed by atoms with Gasteiger partial charge in [-0.15, -0.1) is 0 Å². The number of fused-ring (bicyclic) bond motifs is 1. The number of aryl methyl sites for hydroxylation is 1. The number of carbonyl (C=O) groups is 1. The van der Waals surface area contributed by atoms with Crippen molar-refractivity contribution in [2.45, 2.75) is 13.3 Å². The summed E-state index contributed by atoms with van der Waals surface area (Å²) in [6, 6.07) is 3.55. The molecule has 1 N–H and O–H groups in total. The summed E-state index contributed by atoms with van der Waals surface area (Å²) in [6.07, 6.45) is 2.62. The maximum absolute atomic E-state index is 11.8. The molecule has 82 valence electrons. The van der Waals surface area contributed by atoms with Crippen LogP contribution in [0.5, 0.6) is 0 Å². The van der Waals surface area contributed by atoms with Crippen LogP contribution in [-0.2, 0) is 11.2 Å². The quantitative estimate of drug-likeness (QED) is 0.802. The van der Waals surface area contributed by atoms with E-state index >= 15 is 0 Å². The van der Waals surface area contributed by atoms with Crippen molar-refractivity contribution in [3.05, 3.63) is 46.0 Å². The molecule has 2 rings (SSSR count). The molecule has 0 spiro atoms. The van der Waals surface area contributed by atoms with Crippen molar-refractivity contribution in [2.24, 2.45) is 0 Å². The smallest absolute Gasteiger partial charge is 0.308 e. The first-order valence-corrected chi connectivity index (χ1v) is 4.76. The van der Waals surface area contributed by atoms with Crippen LogP contribution in [0.1, 0.15) is 11.1 Å². The highest BCUT2D eigenvalue weighted by atomic mass is 16.4. The van der Waals surface area contributed by atoms with Crippen molar-refractivity contribution in [2.75, 3.05) is 0 Å². The standard InChI is InChI=1S/C11H10N2O3/c1-7-2-3-13-9(4-7)12-6-8(11(13)16)5-10(14)15/h2-4,6H,5H2,1H3,(H,14,15). The predicted molar refractivity (Wildman–Crippen MR) is 57.5 cm³/mol. The van der Waals surface area contributed by atoms with Gasteiger partial charge in [0.15, 0.2) is 0 Å². The van der Waals surface area contributed by atoms with Crippen molar-refractivity contribution in [1.82, 2.24) is 9.38 Å². The Morgan fingerprint density at radius 1 is 1.56 bits per heavy atom. The Hall–Kier alpha value is -2.17. The van der Waals surface area contributed by atoms with Gasteiger partial charge in [0.1, 0.15) is 5.65 Å². The molecular formula is C11H10N2O3. The molecule has 2 aromatic heterocycles. The third-order valence-corrected chi connectivity index (χ3v) is 2.28. The summed E-state index contributed by atoms with van der Waals surface area (Å²) < 4.78 is 1.35. The zero-order chi connectivity index (χ0) is 11.7. The topological polar surface area (TPSA) is 71.7 Å². The van der Waals surface area contributed by atoms with E-state index in [2.05, 4.69) is 4.98 Å². The van der Waals surface area contributed by atoms with Crippen molar-refractivity contribution >= 4 is 11.6 Å². The first kappa shape index (κ1) is 10.4. The van der Waals surface area contributed by atoms with Gasteiger partial charge in [0.05, 0.1) is 6.42 Å². The zero-order valence-corrected chi connectivity index (χ0v) is 8.67. The fourth-order valence-corrected chi connectivity index (χ4v) is 1.50. The molecule has 2 aromatic rings. The van der Waals surface area contributed by atoms with Gasteiger partial charge < -0.3 is 5.11 Å². The molecule has 0 saturated carbocycles. The normalized spacial score (nSPS) is 10.6. The number of hydrogen-bond acceptors (Lipinski definition) is 3. The minimum absolute atomic E-state index is 0.189. The lowest BCUT2D eigenvalue weighted by atomic mass is 10.2. The van der Waals surface area contributed by atoms with Gasteiger partial charge in [0.2, 0.25) is 0 Å². The number of nitrogens with zero attached hydrogens (tertiary/aromatic N) is 2. The Morgan fingerprint density at radius 3 is 3.00 bits per heavy atom. The molecule has 5 heteroatoms. The van der Waals surface area contributed by atoms with Crippen LogP contribution in [0.4, 0.5) is 0 Å². The van der Waals surface area contributed by atoms with E-state index in [-0.39, 0.29) is 17.5 Å². The highest BCUT2D eigenvalue weighted by Crippen LogP contribution is 2.02. The molecule has 0 unspecified atom stereocenters. The molecule has 2 heterocycles. The second kappa shape index (κ2) is 3.77. The van der Waals surface area contributed by atoms with Crippen molar-refractivity contribution in [3.8, 4) is 0 Å². The Kier molecular flexibility index (Phi) is 2.44. The van der Waals surface area contributed by atoms with Gasteiger partial charge in [0, 0.05) is 18.0 Å². The predicted octanol–water partition coefficient (Wildman–Crippen LogP) is 0.630. The molecule has 5 nitrogen and oxygen atoms in total.